The van der Waals surface area contributed by atoms with Crippen LogP contribution in [0.25, 0.3) is 10.9 Å². The van der Waals surface area contributed by atoms with Gasteiger partial charge in [0.15, 0.2) is 0 Å². The highest BCUT2D eigenvalue weighted by Gasteiger charge is 2.31. The fourth-order valence-corrected chi connectivity index (χ4v) is 4.37. The summed E-state index contributed by atoms with van der Waals surface area (Å²) < 4.78 is 0. The minimum absolute atomic E-state index is 0.0746. The Bertz CT molecular complexity index is 1230. The summed E-state index contributed by atoms with van der Waals surface area (Å²) >= 11 is 1.39. The third-order valence-corrected chi connectivity index (χ3v) is 6.64. The molecule has 2 aromatic rings. The summed E-state index contributed by atoms with van der Waals surface area (Å²) in [5.74, 6) is -5.44. The highest BCUT2D eigenvalue weighted by Crippen LogP contribution is 2.19. The van der Waals surface area contributed by atoms with Crippen molar-refractivity contribution in [2.75, 3.05) is 12.0 Å². The minimum Gasteiger partial charge on any atom is -0.481 e. The number of carbonyl (C=O) groups is 6. The molecule has 4 atom stereocenters. The monoisotopic (exact) mass is 578 g/mol. The van der Waals surface area contributed by atoms with E-state index < -0.39 is 72.6 Å². The predicted molar refractivity (Wildman–Crippen MR) is 147 cm³/mol. The molecule has 0 radical (unpaired) electrons. The number of hydrogen-bond acceptors (Lipinski definition) is 8. The first-order valence-electron chi connectivity index (χ1n) is 12.4. The van der Waals surface area contributed by atoms with Crippen LogP contribution in [-0.4, -0.2) is 86.9 Å². The Balaban J connectivity index is 2.19. The molecule has 10 N–H and O–H groups in total. The van der Waals surface area contributed by atoms with Crippen LogP contribution in [0.1, 0.15) is 31.2 Å². The van der Waals surface area contributed by atoms with E-state index in [1.165, 1.54) is 11.8 Å². The largest absolute Gasteiger partial charge is 0.481 e. The van der Waals surface area contributed by atoms with Gasteiger partial charge in [-0.05, 0) is 36.5 Å². The summed E-state index contributed by atoms with van der Waals surface area (Å²) in [6.45, 7) is 0. The number of para-hydroxylation sites is 1. The number of rotatable bonds is 17. The van der Waals surface area contributed by atoms with Crippen LogP contribution in [0.5, 0.6) is 0 Å². The van der Waals surface area contributed by atoms with Gasteiger partial charge in [-0.3, -0.25) is 24.0 Å². The number of nitrogens with one attached hydrogen (secondary N) is 4. The molecule has 2 rings (SSSR count). The van der Waals surface area contributed by atoms with E-state index in [9.17, 15) is 33.9 Å². The van der Waals surface area contributed by atoms with E-state index in [0.717, 1.165) is 10.9 Å². The van der Waals surface area contributed by atoms with Gasteiger partial charge in [0, 0.05) is 29.9 Å². The Kier molecular flexibility index (Phi) is 12.4. The number of aliphatic carboxylic acids is 2. The fourth-order valence-electron chi connectivity index (χ4n) is 3.89. The van der Waals surface area contributed by atoms with Crippen molar-refractivity contribution >= 4 is 58.2 Å². The molecule has 15 heteroatoms. The van der Waals surface area contributed by atoms with Crippen LogP contribution in [0.3, 0.4) is 0 Å². The summed E-state index contributed by atoms with van der Waals surface area (Å²) in [6.07, 6.45) is 2.19. The second-order valence-electron chi connectivity index (χ2n) is 9.08. The van der Waals surface area contributed by atoms with Crippen LogP contribution in [0, 0.1) is 0 Å². The van der Waals surface area contributed by atoms with E-state index in [1.807, 2.05) is 12.1 Å². The summed E-state index contributed by atoms with van der Waals surface area (Å²) in [4.78, 5) is 76.0. The summed E-state index contributed by atoms with van der Waals surface area (Å²) in [7, 11) is 0. The number of nitrogens with two attached hydrogens (primary N) is 2. The van der Waals surface area contributed by atoms with E-state index in [4.69, 9.17) is 16.6 Å². The molecule has 40 heavy (non-hydrogen) atoms. The van der Waals surface area contributed by atoms with E-state index in [2.05, 4.69) is 20.9 Å². The number of hydrogen-bond donors (Lipinski definition) is 8. The van der Waals surface area contributed by atoms with Gasteiger partial charge in [0.25, 0.3) is 0 Å². The lowest BCUT2D eigenvalue weighted by Gasteiger charge is -2.25. The first-order valence-corrected chi connectivity index (χ1v) is 13.8. The Morgan fingerprint density at radius 2 is 1.52 bits per heavy atom. The number of carbonyl (C=O) groups excluding carboxylic acids is 4. The molecule has 0 saturated carbocycles. The number of fused-ring (bicyclic) bond motifs is 1. The summed E-state index contributed by atoms with van der Waals surface area (Å²) in [5.41, 5.74) is 12.2. The molecule has 1 aromatic carbocycles. The molecule has 218 valence electrons. The molecule has 4 unspecified atom stereocenters. The highest BCUT2D eigenvalue weighted by molar-refractivity contribution is 7.98. The SMILES string of the molecule is CSCCC(NC(=O)C(N)CC(N)=O)C(=O)NC(CCC(=O)O)C(=O)NC(Cc1c[nH]c2ccccc12)C(=O)O. The number of benzene rings is 1. The maximum Gasteiger partial charge on any atom is 0.326 e. The molecular formula is C25H34N6O8S. The summed E-state index contributed by atoms with van der Waals surface area (Å²) in [5, 5.41) is 26.9. The van der Waals surface area contributed by atoms with E-state index in [1.54, 1.807) is 24.6 Å². The standard InChI is InChI=1S/C25H34N6O8S/c1-40-9-8-18(29-22(35)15(26)11-20(27)32)24(37)30-17(6-7-21(33)34)23(36)31-19(25(38)39)10-13-12-28-16-5-3-2-4-14(13)16/h2-5,12,15,17-19,28H,6-11,26H2,1H3,(H2,27,32)(H,29,35)(H,30,37)(H,31,36)(H,33,34)(H,38,39). The summed E-state index contributed by atoms with van der Waals surface area (Å²) in [6, 6.07) is 1.96. The molecule has 0 bridgehead atoms. The van der Waals surface area contributed by atoms with Crippen LogP contribution in [0.4, 0.5) is 0 Å². The maximum atomic E-state index is 13.1. The number of amides is 4. The topological polar surface area (TPSA) is 247 Å². The Labute approximate surface area is 234 Å². The Morgan fingerprint density at radius 3 is 2.12 bits per heavy atom. The van der Waals surface area contributed by atoms with E-state index in [-0.39, 0.29) is 19.3 Å². The average molecular weight is 579 g/mol. The zero-order valence-corrected chi connectivity index (χ0v) is 22.7. The number of primary amides is 1. The number of aromatic amines is 1. The number of carboxylic acids is 2. The zero-order valence-electron chi connectivity index (χ0n) is 21.8. The van der Waals surface area contributed by atoms with Crippen molar-refractivity contribution in [3.05, 3.63) is 36.0 Å². The van der Waals surface area contributed by atoms with Gasteiger partial charge in [-0.25, -0.2) is 4.79 Å². The van der Waals surface area contributed by atoms with Crippen LogP contribution >= 0.6 is 11.8 Å². The third-order valence-electron chi connectivity index (χ3n) is 5.99. The molecule has 0 aliphatic rings. The molecule has 1 aromatic heterocycles. The average Bonchev–Trinajstić information content (AvgIpc) is 3.30. The first-order chi connectivity index (χ1) is 18.9. The van der Waals surface area contributed by atoms with Crippen molar-refractivity contribution < 1.29 is 39.0 Å². The second-order valence-corrected chi connectivity index (χ2v) is 10.1. The molecular weight excluding hydrogens is 544 g/mol. The quantitative estimate of drug-likeness (QED) is 0.114. The van der Waals surface area contributed by atoms with Gasteiger partial charge < -0.3 is 42.6 Å². The van der Waals surface area contributed by atoms with E-state index in [0.29, 0.717) is 11.3 Å². The predicted octanol–water partition coefficient (Wildman–Crippen LogP) is -0.930. The molecule has 0 fully saturated rings. The zero-order chi connectivity index (χ0) is 29.8. The molecule has 14 nitrogen and oxygen atoms in total. The van der Waals surface area contributed by atoms with Crippen molar-refractivity contribution in [1.29, 1.82) is 0 Å². The molecule has 0 saturated heterocycles. The van der Waals surface area contributed by atoms with Gasteiger partial charge in [-0.15, -0.1) is 0 Å². The number of aromatic nitrogens is 1. The van der Waals surface area contributed by atoms with Crippen LogP contribution in [-0.2, 0) is 35.2 Å². The van der Waals surface area contributed by atoms with Crippen LogP contribution < -0.4 is 27.4 Å². The van der Waals surface area contributed by atoms with Crippen molar-refractivity contribution in [2.45, 2.75) is 56.3 Å². The maximum absolute atomic E-state index is 13.1. The van der Waals surface area contributed by atoms with Crippen molar-refractivity contribution in [3.8, 4) is 0 Å². The van der Waals surface area contributed by atoms with Gasteiger partial charge in [-0.1, -0.05) is 18.2 Å². The van der Waals surface area contributed by atoms with Crippen molar-refractivity contribution in [2.24, 2.45) is 11.5 Å². The third kappa shape index (κ3) is 9.89. The number of thioether (sulfide) groups is 1. The highest BCUT2D eigenvalue weighted by atomic mass is 32.2. The first kappa shape index (κ1) is 32.1. The normalized spacial score (nSPS) is 13.9. The van der Waals surface area contributed by atoms with Gasteiger partial charge >= 0.3 is 11.9 Å². The van der Waals surface area contributed by atoms with Crippen LogP contribution in [0.15, 0.2) is 30.5 Å². The molecule has 0 spiro atoms. The van der Waals surface area contributed by atoms with Gasteiger partial charge in [-0.2, -0.15) is 11.8 Å². The molecule has 0 aliphatic heterocycles. The van der Waals surface area contributed by atoms with Gasteiger partial charge in [0.1, 0.15) is 18.1 Å². The van der Waals surface area contributed by atoms with Crippen molar-refractivity contribution in [1.82, 2.24) is 20.9 Å². The lowest BCUT2D eigenvalue weighted by atomic mass is 10.0. The lowest BCUT2D eigenvalue weighted by molar-refractivity contribution is -0.143. The van der Waals surface area contributed by atoms with E-state index >= 15 is 0 Å². The minimum atomic E-state index is -1.42. The molecule has 1 heterocycles. The van der Waals surface area contributed by atoms with Crippen LogP contribution in [0.2, 0.25) is 0 Å². The van der Waals surface area contributed by atoms with Gasteiger partial charge in [0.2, 0.25) is 23.6 Å². The smallest absolute Gasteiger partial charge is 0.326 e. The Morgan fingerprint density at radius 1 is 0.925 bits per heavy atom. The fraction of sp³-hybridized carbons (Fsp3) is 0.440. The Hall–Kier alpha value is -4.11. The lowest BCUT2D eigenvalue weighted by Crippen LogP contribution is -2.57. The van der Waals surface area contributed by atoms with Gasteiger partial charge in [0.05, 0.1) is 12.5 Å². The number of carboxylic acid groups (broad SMARTS) is 2. The second kappa shape index (κ2) is 15.5. The van der Waals surface area contributed by atoms with Crippen molar-refractivity contribution in [3.63, 3.8) is 0 Å². The molecule has 0 aliphatic carbocycles. The number of H-pyrrole nitrogens is 1. The molecule has 4 amide bonds.